The average Bonchev–Trinajstić information content (AvgIpc) is 2.36. The molecule has 1 heterocycles. The van der Waals surface area contributed by atoms with E-state index in [4.69, 9.17) is 0 Å². The molecular formula is C10H19N. The van der Waals surface area contributed by atoms with Crippen molar-refractivity contribution in [2.75, 3.05) is 13.1 Å². The minimum atomic E-state index is 0.803. The van der Waals surface area contributed by atoms with Crippen LogP contribution in [0.3, 0.4) is 0 Å². The zero-order valence-corrected chi connectivity index (χ0v) is 7.71. The van der Waals surface area contributed by atoms with E-state index >= 15 is 0 Å². The molecule has 0 bridgehead atoms. The first-order valence-electron chi connectivity index (χ1n) is 4.60. The Morgan fingerprint density at radius 1 is 1.64 bits per heavy atom. The van der Waals surface area contributed by atoms with E-state index in [-0.39, 0.29) is 0 Å². The van der Waals surface area contributed by atoms with Crippen LogP contribution in [0, 0.1) is 5.92 Å². The SMILES string of the molecule is C=CCN1CCCC1C(C)C. The predicted octanol–water partition coefficient (Wildman–Crippen LogP) is 2.29. The molecule has 1 saturated heterocycles. The largest absolute Gasteiger partial charge is 0.296 e. The van der Waals surface area contributed by atoms with Gasteiger partial charge in [0, 0.05) is 12.6 Å². The Bertz CT molecular complexity index is 129. The van der Waals surface area contributed by atoms with Gasteiger partial charge in [-0.25, -0.2) is 0 Å². The molecule has 0 N–H and O–H groups in total. The average molecular weight is 153 g/mol. The summed E-state index contributed by atoms with van der Waals surface area (Å²) in [5.41, 5.74) is 0. The van der Waals surface area contributed by atoms with Gasteiger partial charge in [-0.15, -0.1) is 6.58 Å². The van der Waals surface area contributed by atoms with E-state index in [9.17, 15) is 0 Å². The third-order valence-electron chi connectivity index (χ3n) is 2.55. The predicted molar refractivity (Wildman–Crippen MR) is 49.6 cm³/mol. The summed E-state index contributed by atoms with van der Waals surface area (Å²) < 4.78 is 0. The van der Waals surface area contributed by atoms with Crippen molar-refractivity contribution in [2.45, 2.75) is 32.7 Å². The second-order valence-corrected chi connectivity index (χ2v) is 3.74. The van der Waals surface area contributed by atoms with Crippen LogP contribution in [0.4, 0.5) is 0 Å². The van der Waals surface area contributed by atoms with Crippen LogP contribution in [-0.2, 0) is 0 Å². The molecule has 1 unspecified atom stereocenters. The van der Waals surface area contributed by atoms with Crippen molar-refractivity contribution in [1.82, 2.24) is 4.90 Å². The monoisotopic (exact) mass is 153 g/mol. The van der Waals surface area contributed by atoms with Gasteiger partial charge in [0.2, 0.25) is 0 Å². The van der Waals surface area contributed by atoms with E-state index in [1.807, 2.05) is 6.08 Å². The summed E-state index contributed by atoms with van der Waals surface area (Å²) in [5, 5.41) is 0. The number of hydrogen-bond donors (Lipinski definition) is 0. The van der Waals surface area contributed by atoms with E-state index in [0.29, 0.717) is 0 Å². The van der Waals surface area contributed by atoms with Crippen LogP contribution in [0.5, 0.6) is 0 Å². The van der Waals surface area contributed by atoms with E-state index in [0.717, 1.165) is 18.5 Å². The summed E-state index contributed by atoms with van der Waals surface area (Å²) in [4.78, 5) is 2.54. The van der Waals surface area contributed by atoms with Gasteiger partial charge in [-0.2, -0.15) is 0 Å². The molecule has 0 spiro atoms. The van der Waals surface area contributed by atoms with Gasteiger partial charge in [0.15, 0.2) is 0 Å². The molecule has 0 radical (unpaired) electrons. The molecule has 0 aromatic heterocycles. The third-order valence-corrected chi connectivity index (χ3v) is 2.55. The standard InChI is InChI=1S/C10H19N/c1-4-7-11-8-5-6-10(11)9(2)3/h4,9-10H,1,5-8H2,2-3H3. The van der Waals surface area contributed by atoms with E-state index in [1.54, 1.807) is 0 Å². The summed E-state index contributed by atoms with van der Waals surface area (Å²) in [6.45, 7) is 10.7. The van der Waals surface area contributed by atoms with Crippen LogP contribution in [-0.4, -0.2) is 24.0 Å². The second kappa shape index (κ2) is 3.91. The topological polar surface area (TPSA) is 3.24 Å². The van der Waals surface area contributed by atoms with Gasteiger partial charge in [-0.05, 0) is 25.3 Å². The molecule has 1 aliphatic rings. The minimum Gasteiger partial charge on any atom is -0.296 e. The summed E-state index contributed by atoms with van der Waals surface area (Å²) in [7, 11) is 0. The Hall–Kier alpha value is -0.300. The molecule has 1 nitrogen and oxygen atoms in total. The molecule has 64 valence electrons. The Labute approximate surface area is 70.1 Å². The molecule has 0 saturated carbocycles. The first-order chi connectivity index (χ1) is 5.25. The Kier molecular flexibility index (Phi) is 3.13. The van der Waals surface area contributed by atoms with Crippen molar-refractivity contribution >= 4 is 0 Å². The zero-order chi connectivity index (χ0) is 8.27. The van der Waals surface area contributed by atoms with Gasteiger partial charge in [0.25, 0.3) is 0 Å². The number of hydrogen-bond acceptors (Lipinski definition) is 1. The Morgan fingerprint density at radius 2 is 2.36 bits per heavy atom. The first-order valence-corrected chi connectivity index (χ1v) is 4.60. The number of likely N-dealkylation sites (tertiary alicyclic amines) is 1. The Balaban J connectivity index is 2.43. The van der Waals surface area contributed by atoms with Crippen molar-refractivity contribution in [3.8, 4) is 0 Å². The van der Waals surface area contributed by atoms with Crippen LogP contribution in [0.15, 0.2) is 12.7 Å². The molecule has 0 aliphatic carbocycles. The number of nitrogens with zero attached hydrogens (tertiary/aromatic N) is 1. The smallest absolute Gasteiger partial charge is 0.0163 e. The van der Waals surface area contributed by atoms with Gasteiger partial charge in [0.1, 0.15) is 0 Å². The highest BCUT2D eigenvalue weighted by Crippen LogP contribution is 2.22. The molecule has 1 fully saturated rings. The molecule has 0 amide bonds. The summed E-state index contributed by atoms with van der Waals surface area (Å²) >= 11 is 0. The maximum Gasteiger partial charge on any atom is 0.0163 e. The summed E-state index contributed by atoms with van der Waals surface area (Å²) in [5.74, 6) is 0.803. The van der Waals surface area contributed by atoms with E-state index in [2.05, 4.69) is 25.3 Å². The number of rotatable bonds is 3. The van der Waals surface area contributed by atoms with Crippen LogP contribution < -0.4 is 0 Å². The molecule has 0 aromatic carbocycles. The summed E-state index contributed by atoms with van der Waals surface area (Å²) in [6.07, 6.45) is 4.77. The van der Waals surface area contributed by atoms with Gasteiger partial charge in [-0.3, -0.25) is 4.90 Å². The van der Waals surface area contributed by atoms with Crippen molar-refractivity contribution < 1.29 is 0 Å². The van der Waals surface area contributed by atoms with Crippen LogP contribution in [0.1, 0.15) is 26.7 Å². The van der Waals surface area contributed by atoms with Gasteiger partial charge in [-0.1, -0.05) is 19.9 Å². The minimum absolute atomic E-state index is 0.803. The molecule has 1 heteroatoms. The molecule has 1 rings (SSSR count). The highest BCUT2D eigenvalue weighted by atomic mass is 15.2. The molecular weight excluding hydrogens is 134 g/mol. The van der Waals surface area contributed by atoms with Crippen molar-refractivity contribution in [1.29, 1.82) is 0 Å². The summed E-state index contributed by atoms with van der Waals surface area (Å²) in [6, 6.07) is 0.813. The van der Waals surface area contributed by atoms with Crippen molar-refractivity contribution in [2.24, 2.45) is 5.92 Å². The van der Waals surface area contributed by atoms with Crippen LogP contribution in [0.2, 0.25) is 0 Å². The lowest BCUT2D eigenvalue weighted by Gasteiger charge is -2.25. The third kappa shape index (κ3) is 2.06. The lowest BCUT2D eigenvalue weighted by atomic mass is 10.0. The van der Waals surface area contributed by atoms with Gasteiger partial charge < -0.3 is 0 Å². The normalized spacial score (nSPS) is 26.3. The van der Waals surface area contributed by atoms with Crippen LogP contribution in [0.25, 0.3) is 0 Å². The second-order valence-electron chi connectivity index (χ2n) is 3.74. The zero-order valence-electron chi connectivity index (χ0n) is 7.71. The Morgan fingerprint density at radius 3 is 2.91 bits per heavy atom. The lowest BCUT2D eigenvalue weighted by molar-refractivity contribution is 0.227. The van der Waals surface area contributed by atoms with E-state index in [1.165, 1.54) is 19.4 Å². The maximum atomic E-state index is 3.78. The van der Waals surface area contributed by atoms with Crippen molar-refractivity contribution in [3.63, 3.8) is 0 Å². The molecule has 11 heavy (non-hydrogen) atoms. The van der Waals surface area contributed by atoms with Gasteiger partial charge >= 0.3 is 0 Å². The highest BCUT2D eigenvalue weighted by Gasteiger charge is 2.25. The molecule has 1 atom stereocenters. The van der Waals surface area contributed by atoms with E-state index < -0.39 is 0 Å². The van der Waals surface area contributed by atoms with Crippen LogP contribution >= 0.6 is 0 Å². The first kappa shape index (κ1) is 8.79. The maximum absolute atomic E-state index is 3.78. The van der Waals surface area contributed by atoms with Crippen molar-refractivity contribution in [3.05, 3.63) is 12.7 Å². The fourth-order valence-electron chi connectivity index (χ4n) is 2.00. The fraction of sp³-hybridized carbons (Fsp3) is 0.800. The molecule has 1 aliphatic heterocycles. The lowest BCUT2D eigenvalue weighted by Crippen LogP contribution is -2.33. The highest BCUT2D eigenvalue weighted by molar-refractivity contribution is 4.85. The van der Waals surface area contributed by atoms with Gasteiger partial charge in [0.05, 0.1) is 0 Å². The fourth-order valence-corrected chi connectivity index (χ4v) is 2.00. The molecule has 0 aromatic rings. The quantitative estimate of drug-likeness (QED) is 0.562.